The van der Waals surface area contributed by atoms with Gasteiger partial charge in [-0.2, -0.15) is 0 Å². The molecule has 0 bridgehead atoms. The summed E-state index contributed by atoms with van der Waals surface area (Å²) >= 11 is 1.39. The van der Waals surface area contributed by atoms with E-state index in [9.17, 15) is 9.90 Å². The number of phenolic OH excluding ortho intramolecular Hbond substituents is 1. The van der Waals surface area contributed by atoms with Crippen molar-refractivity contribution in [2.24, 2.45) is 0 Å². The topological polar surface area (TPSA) is 65.0 Å². The Bertz CT molecular complexity index is 865. The quantitative estimate of drug-likeness (QED) is 0.784. The van der Waals surface area contributed by atoms with Crippen LogP contribution in [0.15, 0.2) is 54.3 Å². The Labute approximate surface area is 156 Å². The molecule has 1 N–H and O–H groups in total. The van der Waals surface area contributed by atoms with Gasteiger partial charge in [-0.3, -0.25) is 4.79 Å². The number of benzene rings is 1. The smallest absolute Gasteiger partial charge is 0.203 e. The van der Waals surface area contributed by atoms with Gasteiger partial charge in [0.1, 0.15) is 23.7 Å². The van der Waals surface area contributed by atoms with Crippen molar-refractivity contribution < 1.29 is 24.1 Å². The third-order valence-electron chi connectivity index (χ3n) is 4.20. The van der Waals surface area contributed by atoms with Crippen LogP contribution in [0.3, 0.4) is 0 Å². The summed E-state index contributed by atoms with van der Waals surface area (Å²) in [4.78, 5) is 14.2. The minimum Gasteiger partial charge on any atom is -0.508 e. The van der Waals surface area contributed by atoms with E-state index in [1.807, 2.05) is 18.2 Å². The van der Waals surface area contributed by atoms with Crippen molar-refractivity contribution in [1.29, 1.82) is 0 Å². The van der Waals surface area contributed by atoms with Crippen LogP contribution < -0.4 is 0 Å². The van der Waals surface area contributed by atoms with Gasteiger partial charge in [0.15, 0.2) is 0 Å². The Balaban J connectivity index is 1.91. The number of ketones is 1. The molecule has 0 aliphatic heterocycles. The van der Waals surface area contributed by atoms with Gasteiger partial charge in [-0.1, -0.05) is 12.1 Å². The molecule has 6 heteroatoms. The van der Waals surface area contributed by atoms with Crippen LogP contribution in [0.5, 0.6) is 5.75 Å². The van der Waals surface area contributed by atoms with Gasteiger partial charge in [-0.25, -0.2) is 0 Å². The summed E-state index contributed by atoms with van der Waals surface area (Å²) in [6.07, 6.45) is 3.29. The van der Waals surface area contributed by atoms with E-state index in [0.29, 0.717) is 16.2 Å². The molecule has 0 saturated carbocycles. The van der Waals surface area contributed by atoms with Crippen LogP contribution in [0.4, 0.5) is 0 Å². The number of methoxy groups -OCH3 is 3. The van der Waals surface area contributed by atoms with E-state index in [1.54, 1.807) is 39.5 Å². The van der Waals surface area contributed by atoms with Crippen molar-refractivity contribution in [2.75, 3.05) is 21.3 Å². The predicted molar refractivity (Wildman–Crippen MR) is 101 cm³/mol. The molecule has 1 aliphatic rings. The van der Waals surface area contributed by atoms with E-state index in [0.717, 1.165) is 10.5 Å². The number of carbonyl (C=O) groups is 1. The zero-order valence-corrected chi connectivity index (χ0v) is 15.6. The zero-order chi connectivity index (χ0) is 18.7. The Morgan fingerprint density at radius 3 is 2.58 bits per heavy atom. The van der Waals surface area contributed by atoms with Crippen molar-refractivity contribution in [2.45, 2.75) is 12.2 Å². The fourth-order valence-electron chi connectivity index (χ4n) is 2.88. The molecule has 0 spiro atoms. The lowest BCUT2D eigenvalue weighted by molar-refractivity contribution is -0.0178. The molecule has 0 saturated heterocycles. The molecule has 2 aromatic rings. The van der Waals surface area contributed by atoms with E-state index in [1.165, 1.54) is 23.5 Å². The maximum absolute atomic E-state index is 12.6. The standard InChI is InChI=1S/C20H20O5S/c1-23-15-10-13(11-16(24-2)20(15)25-3)17-7-8-18(26-17)19(22)12-5-4-6-14(21)9-12/h4-11,15,20-21H,1-3H3. The number of phenols is 1. The summed E-state index contributed by atoms with van der Waals surface area (Å²) in [6.45, 7) is 0. The van der Waals surface area contributed by atoms with E-state index in [4.69, 9.17) is 14.2 Å². The maximum Gasteiger partial charge on any atom is 0.203 e. The van der Waals surface area contributed by atoms with Crippen LogP contribution in [-0.2, 0) is 14.2 Å². The average Bonchev–Trinajstić information content (AvgIpc) is 3.16. The summed E-state index contributed by atoms with van der Waals surface area (Å²) in [5, 5.41) is 9.57. The molecule has 0 fully saturated rings. The molecule has 26 heavy (non-hydrogen) atoms. The molecule has 5 nitrogen and oxygen atoms in total. The van der Waals surface area contributed by atoms with Gasteiger partial charge >= 0.3 is 0 Å². The van der Waals surface area contributed by atoms with Crippen molar-refractivity contribution in [3.05, 3.63) is 69.6 Å². The minimum absolute atomic E-state index is 0.0730. The Morgan fingerprint density at radius 1 is 1.12 bits per heavy atom. The van der Waals surface area contributed by atoms with Crippen LogP contribution in [0, 0.1) is 0 Å². The van der Waals surface area contributed by atoms with Crippen molar-refractivity contribution in [3.8, 4) is 5.75 Å². The summed E-state index contributed by atoms with van der Waals surface area (Å²) in [6, 6.07) is 10.0. The second kappa shape index (κ2) is 7.86. The summed E-state index contributed by atoms with van der Waals surface area (Å²) < 4.78 is 16.4. The first-order valence-corrected chi connectivity index (χ1v) is 8.86. The Kier molecular flexibility index (Phi) is 5.56. The minimum atomic E-state index is -0.304. The van der Waals surface area contributed by atoms with Gasteiger partial charge in [-0.15, -0.1) is 11.3 Å². The van der Waals surface area contributed by atoms with Crippen LogP contribution in [0.1, 0.15) is 20.1 Å². The maximum atomic E-state index is 12.6. The molecule has 1 aliphatic carbocycles. The molecule has 2 unspecified atom stereocenters. The van der Waals surface area contributed by atoms with Crippen LogP contribution in [-0.4, -0.2) is 44.4 Å². The molecule has 2 atom stereocenters. The van der Waals surface area contributed by atoms with Gasteiger partial charge < -0.3 is 19.3 Å². The second-order valence-electron chi connectivity index (χ2n) is 5.77. The molecule has 136 valence electrons. The highest BCUT2D eigenvalue weighted by molar-refractivity contribution is 7.15. The highest BCUT2D eigenvalue weighted by Crippen LogP contribution is 2.33. The number of aromatic hydroxyl groups is 1. The monoisotopic (exact) mass is 372 g/mol. The lowest BCUT2D eigenvalue weighted by Crippen LogP contribution is -2.33. The molecule has 1 aromatic heterocycles. The van der Waals surface area contributed by atoms with Crippen molar-refractivity contribution in [1.82, 2.24) is 0 Å². The number of rotatable bonds is 6. The largest absolute Gasteiger partial charge is 0.508 e. The number of allylic oxidation sites excluding steroid dienone is 2. The number of ether oxygens (including phenoxy) is 3. The first-order chi connectivity index (χ1) is 12.6. The van der Waals surface area contributed by atoms with E-state index >= 15 is 0 Å². The van der Waals surface area contributed by atoms with Gasteiger partial charge in [0.2, 0.25) is 5.78 Å². The normalized spacial score (nSPS) is 19.7. The lowest BCUT2D eigenvalue weighted by atomic mass is 9.99. The van der Waals surface area contributed by atoms with Gasteiger partial charge in [-0.05, 0) is 42.0 Å². The lowest BCUT2D eigenvalue weighted by Gasteiger charge is -2.28. The summed E-state index contributed by atoms with van der Waals surface area (Å²) in [5.41, 5.74) is 1.38. The highest BCUT2D eigenvalue weighted by atomic mass is 32.1. The van der Waals surface area contributed by atoms with Crippen LogP contribution in [0.2, 0.25) is 0 Å². The highest BCUT2D eigenvalue weighted by Gasteiger charge is 2.29. The first kappa shape index (κ1) is 18.4. The van der Waals surface area contributed by atoms with Crippen molar-refractivity contribution in [3.63, 3.8) is 0 Å². The fourth-order valence-corrected chi connectivity index (χ4v) is 3.85. The van der Waals surface area contributed by atoms with Crippen LogP contribution >= 0.6 is 11.3 Å². The van der Waals surface area contributed by atoms with Gasteiger partial charge in [0.05, 0.1) is 12.0 Å². The number of thiophene rings is 1. The number of carbonyl (C=O) groups excluding carboxylic acids is 1. The molecule has 0 amide bonds. The van der Waals surface area contributed by atoms with Gasteiger partial charge in [0, 0.05) is 24.7 Å². The van der Waals surface area contributed by atoms with Crippen LogP contribution in [0.25, 0.3) is 5.57 Å². The second-order valence-corrected chi connectivity index (χ2v) is 6.86. The molecule has 3 rings (SSSR count). The average molecular weight is 372 g/mol. The third-order valence-corrected chi connectivity index (χ3v) is 5.34. The Hall–Kier alpha value is -2.41. The van der Waals surface area contributed by atoms with E-state index < -0.39 is 0 Å². The molecular formula is C20H20O5S. The Morgan fingerprint density at radius 2 is 1.92 bits per heavy atom. The van der Waals surface area contributed by atoms with Crippen molar-refractivity contribution >= 4 is 22.7 Å². The zero-order valence-electron chi connectivity index (χ0n) is 14.8. The van der Waals surface area contributed by atoms with E-state index in [2.05, 4.69) is 0 Å². The summed E-state index contributed by atoms with van der Waals surface area (Å²) in [5.74, 6) is 0.623. The molecule has 1 aromatic carbocycles. The molecule has 0 radical (unpaired) electrons. The van der Waals surface area contributed by atoms with E-state index in [-0.39, 0.29) is 23.7 Å². The molecule has 1 heterocycles. The predicted octanol–water partition coefficient (Wildman–Crippen LogP) is 3.64. The SMILES string of the molecule is COC1=CC(c2ccc(C(=O)c3cccc(O)c3)s2)=CC(OC)C1OC. The summed E-state index contributed by atoms with van der Waals surface area (Å²) in [7, 11) is 4.83. The number of hydrogen-bond acceptors (Lipinski definition) is 6. The van der Waals surface area contributed by atoms with Gasteiger partial charge in [0.25, 0.3) is 0 Å². The third kappa shape index (κ3) is 3.58. The first-order valence-electron chi connectivity index (χ1n) is 8.04. The number of hydrogen-bond donors (Lipinski definition) is 1. The fraction of sp³-hybridized carbons (Fsp3) is 0.250. The molecular weight excluding hydrogens is 352 g/mol.